The first-order valence-electron chi connectivity index (χ1n) is 8.44. The van der Waals surface area contributed by atoms with Crippen molar-refractivity contribution < 1.29 is 13.9 Å². The SMILES string of the molecule is COc1ccc2ncc(-c3cc4c(N5CCOCC5)nccc4o3)n2n1. The number of hydrogen-bond acceptors (Lipinski definition) is 7. The van der Waals surface area contributed by atoms with Crippen molar-refractivity contribution in [1.29, 1.82) is 0 Å². The van der Waals surface area contributed by atoms with Crippen molar-refractivity contribution in [3.8, 4) is 17.3 Å². The van der Waals surface area contributed by atoms with E-state index in [-0.39, 0.29) is 0 Å². The summed E-state index contributed by atoms with van der Waals surface area (Å²) in [6.07, 6.45) is 3.53. The van der Waals surface area contributed by atoms with Gasteiger partial charge in [-0.2, -0.15) is 0 Å². The predicted molar refractivity (Wildman–Crippen MR) is 95.6 cm³/mol. The maximum absolute atomic E-state index is 6.09. The van der Waals surface area contributed by atoms with Crippen LogP contribution < -0.4 is 9.64 Å². The summed E-state index contributed by atoms with van der Waals surface area (Å²) in [4.78, 5) is 11.2. The van der Waals surface area contributed by atoms with Gasteiger partial charge in [0.25, 0.3) is 0 Å². The standard InChI is InChI=1S/C18H17N5O3/c1-24-17-3-2-16-20-11-13(23(16)21-17)15-10-12-14(26-15)4-5-19-18(12)22-6-8-25-9-7-22/h2-5,10-11H,6-9H2,1H3. The van der Waals surface area contributed by atoms with Gasteiger partial charge < -0.3 is 18.8 Å². The van der Waals surface area contributed by atoms with Gasteiger partial charge in [-0.3, -0.25) is 0 Å². The van der Waals surface area contributed by atoms with E-state index in [9.17, 15) is 0 Å². The number of aromatic nitrogens is 4. The third-order valence-electron chi connectivity index (χ3n) is 4.53. The Bertz CT molecular complexity index is 1080. The molecule has 8 nitrogen and oxygen atoms in total. The minimum Gasteiger partial charge on any atom is -0.480 e. The topological polar surface area (TPSA) is 77.9 Å². The van der Waals surface area contributed by atoms with Gasteiger partial charge in [0, 0.05) is 25.4 Å². The molecule has 0 aromatic carbocycles. The van der Waals surface area contributed by atoms with E-state index in [2.05, 4.69) is 20.0 Å². The lowest BCUT2D eigenvalue weighted by Crippen LogP contribution is -2.36. The summed E-state index contributed by atoms with van der Waals surface area (Å²) in [5.41, 5.74) is 2.28. The number of ether oxygens (including phenoxy) is 2. The number of furan rings is 1. The summed E-state index contributed by atoms with van der Waals surface area (Å²) >= 11 is 0. The molecule has 0 saturated carbocycles. The van der Waals surface area contributed by atoms with Crippen LogP contribution in [0.3, 0.4) is 0 Å². The largest absolute Gasteiger partial charge is 0.480 e. The van der Waals surface area contributed by atoms with E-state index in [1.807, 2.05) is 18.2 Å². The fraction of sp³-hybridized carbons (Fsp3) is 0.278. The van der Waals surface area contributed by atoms with Gasteiger partial charge in [0.05, 0.1) is 31.9 Å². The van der Waals surface area contributed by atoms with Crippen molar-refractivity contribution in [2.24, 2.45) is 0 Å². The third-order valence-corrected chi connectivity index (χ3v) is 4.53. The van der Waals surface area contributed by atoms with E-state index >= 15 is 0 Å². The van der Waals surface area contributed by atoms with E-state index in [4.69, 9.17) is 13.9 Å². The summed E-state index contributed by atoms with van der Waals surface area (Å²) in [6, 6.07) is 7.52. The van der Waals surface area contributed by atoms with E-state index in [0.29, 0.717) is 24.9 Å². The number of morpholine rings is 1. The zero-order chi connectivity index (χ0) is 17.5. The molecule has 1 fully saturated rings. The molecule has 4 aromatic rings. The monoisotopic (exact) mass is 351 g/mol. The molecule has 0 aliphatic carbocycles. The highest BCUT2D eigenvalue weighted by Crippen LogP contribution is 2.33. The normalized spacial score (nSPS) is 15.0. The summed E-state index contributed by atoms with van der Waals surface area (Å²) in [7, 11) is 1.59. The number of rotatable bonds is 3. The van der Waals surface area contributed by atoms with Crippen molar-refractivity contribution in [3.05, 3.63) is 36.7 Å². The molecule has 0 spiro atoms. The molecule has 26 heavy (non-hydrogen) atoms. The van der Waals surface area contributed by atoms with Crippen LogP contribution in [-0.2, 0) is 4.74 Å². The maximum Gasteiger partial charge on any atom is 0.231 e. The van der Waals surface area contributed by atoms with Gasteiger partial charge in [0.1, 0.15) is 17.1 Å². The molecule has 5 heterocycles. The molecule has 0 bridgehead atoms. The Hall–Kier alpha value is -3.13. The summed E-state index contributed by atoms with van der Waals surface area (Å²) in [6.45, 7) is 3.06. The molecule has 4 aromatic heterocycles. The first-order valence-corrected chi connectivity index (χ1v) is 8.44. The molecule has 0 unspecified atom stereocenters. The highest BCUT2D eigenvalue weighted by Gasteiger charge is 2.19. The van der Waals surface area contributed by atoms with Crippen LogP contribution in [0.1, 0.15) is 0 Å². The molecule has 1 aliphatic heterocycles. The number of fused-ring (bicyclic) bond motifs is 2. The zero-order valence-electron chi connectivity index (χ0n) is 14.3. The summed E-state index contributed by atoms with van der Waals surface area (Å²) in [5, 5.41) is 5.42. The summed E-state index contributed by atoms with van der Waals surface area (Å²) < 4.78 is 18.5. The zero-order valence-corrected chi connectivity index (χ0v) is 14.3. The number of nitrogens with zero attached hydrogens (tertiary/aromatic N) is 5. The summed E-state index contributed by atoms with van der Waals surface area (Å²) in [5.74, 6) is 2.12. The van der Waals surface area contributed by atoms with Crippen LogP contribution in [0.25, 0.3) is 28.1 Å². The fourth-order valence-electron chi connectivity index (χ4n) is 3.24. The van der Waals surface area contributed by atoms with Crippen LogP contribution in [0.15, 0.2) is 41.1 Å². The lowest BCUT2D eigenvalue weighted by atomic mass is 10.2. The second-order valence-electron chi connectivity index (χ2n) is 6.05. The molecule has 0 radical (unpaired) electrons. The average molecular weight is 351 g/mol. The second kappa shape index (κ2) is 5.99. The van der Waals surface area contributed by atoms with E-state index < -0.39 is 0 Å². The van der Waals surface area contributed by atoms with Crippen LogP contribution >= 0.6 is 0 Å². The highest BCUT2D eigenvalue weighted by molar-refractivity contribution is 5.92. The predicted octanol–water partition coefficient (Wildman–Crippen LogP) is 2.38. The Kier molecular flexibility index (Phi) is 3.49. The minimum atomic E-state index is 0.517. The molecule has 1 saturated heterocycles. The van der Waals surface area contributed by atoms with E-state index in [0.717, 1.165) is 41.2 Å². The lowest BCUT2D eigenvalue weighted by Gasteiger charge is -2.28. The van der Waals surface area contributed by atoms with Crippen LogP contribution in [0.4, 0.5) is 5.82 Å². The van der Waals surface area contributed by atoms with Gasteiger partial charge in [-0.25, -0.2) is 14.5 Å². The van der Waals surface area contributed by atoms with Gasteiger partial charge in [-0.1, -0.05) is 0 Å². The van der Waals surface area contributed by atoms with Gasteiger partial charge in [0.2, 0.25) is 5.88 Å². The Morgan fingerprint density at radius 3 is 2.85 bits per heavy atom. The van der Waals surface area contributed by atoms with Crippen molar-refractivity contribution in [2.75, 3.05) is 38.3 Å². The lowest BCUT2D eigenvalue weighted by molar-refractivity contribution is 0.122. The van der Waals surface area contributed by atoms with E-state index in [1.165, 1.54) is 0 Å². The first-order chi connectivity index (χ1) is 12.8. The average Bonchev–Trinajstić information content (AvgIpc) is 3.31. The number of imidazole rings is 1. The molecule has 1 aliphatic rings. The van der Waals surface area contributed by atoms with Crippen LogP contribution in [0.5, 0.6) is 5.88 Å². The molecule has 0 N–H and O–H groups in total. The molecule has 8 heteroatoms. The number of methoxy groups -OCH3 is 1. The van der Waals surface area contributed by atoms with Gasteiger partial charge in [-0.15, -0.1) is 5.10 Å². The number of hydrogen-bond donors (Lipinski definition) is 0. The molecular formula is C18H17N5O3. The second-order valence-corrected chi connectivity index (χ2v) is 6.05. The van der Waals surface area contributed by atoms with Gasteiger partial charge in [-0.05, 0) is 18.2 Å². The minimum absolute atomic E-state index is 0.517. The Labute approximate surface area is 149 Å². The van der Waals surface area contributed by atoms with Crippen molar-refractivity contribution in [2.45, 2.75) is 0 Å². The fourth-order valence-corrected chi connectivity index (χ4v) is 3.24. The Balaban J connectivity index is 1.64. The van der Waals surface area contributed by atoms with Gasteiger partial charge >= 0.3 is 0 Å². The van der Waals surface area contributed by atoms with Crippen molar-refractivity contribution >= 4 is 22.4 Å². The number of pyridine rings is 1. The van der Waals surface area contributed by atoms with Crippen LogP contribution in [0, 0.1) is 0 Å². The molecule has 132 valence electrons. The smallest absolute Gasteiger partial charge is 0.231 e. The molecular weight excluding hydrogens is 334 g/mol. The number of anilines is 1. The Morgan fingerprint density at radius 1 is 1.12 bits per heavy atom. The Morgan fingerprint density at radius 2 is 2.00 bits per heavy atom. The molecule has 0 amide bonds. The third kappa shape index (κ3) is 2.38. The van der Waals surface area contributed by atoms with Crippen LogP contribution in [-0.4, -0.2) is 53.0 Å². The quantitative estimate of drug-likeness (QED) is 0.561. The van der Waals surface area contributed by atoms with Gasteiger partial charge in [0.15, 0.2) is 11.4 Å². The van der Waals surface area contributed by atoms with Crippen LogP contribution in [0.2, 0.25) is 0 Å². The van der Waals surface area contributed by atoms with E-state index in [1.54, 1.807) is 30.1 Å². The maximum atomic E-state index is 6.09. The van der Waals surface area contributed by atoms with Crippen molar-refractivity contribution in [3.63, 3.8) is 0 Å². The highest BCUT2D eigenvalue weighted by atomic mass is 16.5. The molecule has 0 atom stereocenters. The first kappa shape index (κ1) is 15.2. The molecule has 5 rings (SSSR count). The van der Waals surface area contributed by atoms with Crippen molar-refractivity contribution in [1.82, 2.24) is 19.6 Å².